The predicted octanol–water partition coefficient (Wildman–Crippen LogP) is 2.42. The van der Waals surface area contributed by atoms with Crippen LogP contribution < -0.4 is 16.0 Å². The van der Waals surface area contributed by atoms with Gasteiger partial charge in [0, 0.05) is 0 Å². The van der Waals surface area contributed by atoms with E-state index < -0.39 is 11.6 Å². The Hall–Kier alpha value is -1.98. The number of hydrogen-bond donors (Lipinski definition) is 2. The standard InChI is InChI=1S/C15H16F2N2O/c16-14-8-4-5-11(15(14)17)9-12(19-18)10-20-13-6-2-1-3-7-13/h1-8,12,19H,9-10,18H2. The summed E-state index contributed by atoms with van der Waals surface area (Å²) in [4.78, 5) is 0. The van der Waals surface area contributed by atoms with Crippen molar-refractivity contribution in [3.63, 3.8) is 0 Å². The number of hydrazine groups is 1. The fourth-order valence-corrected chi connectivity index (χ4v) is 1.85. The molecule has 1 unspecified atom stereocenters. The van der Waals surface area contributed by atoms with Gasteiger partial charge >= 0.3 is 0 Å². The number of hydrogen-bond acceptors (Lipinski definition) is 3. The first kappa shape index (κ1) is 14.4. The lowest BCUT2D eigenvalue weighted by Gasteiger charge is -2.17. The molecular formula is C15H16F2N2O. The van der Waals surface area contributed by atoms with Crippen molar-refractivity contribution < 1.29 is 13.5 Å². The average Bonchev–Trinajstić information content (AvgIpc) is 2.49. The number of halogens is 2. The number of benzene rings is 2. The largest absolute Gasteiger partial charge is 0.492 e. The minimum absolute atomic E-state index is 0.243. The molecule has 0 aliphatic carbocycles. The lowest BCUT2D eigenvalue weighted by atomic mass is 10.1. The van der Waals surface area contributed by atoms with Crippen LogP contribution in [0.3, 0.4) is 0 Å². The molecule has 0 aliphatic rings. The van der Waals surface area contributed by atoms with Gasteiger partial charge in [-0.2, -0.15) is 0 Å². The number of para-hydroxylation sites is 1. The van der Waals surface area contributed by atoms with Gasteiger partial charge in [-0.15, -0.1) is 0 Å². The second-order valence-electron chi connectivity index (χ2n) is 4.40. The van der Waals surface area contributed by atoms with Crippen LogP contribution >= 0.6 is 0 Å². The summed E-state index contributed by atoms with van der Waals surface area (Å²) in [6.07, 6.45) is 0.243. The quantitative estimate of drug-likeness (QED) is 0.630. The van der Waals surface area contributed by atoms with Crippen molar-refractivity contribution in [2.75, 3.05) is 6.61 Å². The highest BCUT2D eigenvalue weighted by Gasteiger charge is 2.14. The lowest BCUT2D eigenvalue weighted by molar-refractivity contribution is 0.263. The van der Waals surface area contributed by atoms with Crippen molar-refractivity contribution >= 4 is 0 Å². The van der Waals surface area contributed by atoms with Crippen molar-refractivity contribution in [1.82, 2.24) is 5.43 Å². The van der Waals surface area contributed by atoms with E-state index in [1.165, 1.54) is 12.1 Å². The smallest absolute Gasteiger partial charge is 0.162 e. The molecule has 0 aromatic heterocycles. The first-order chi connectivity index (χ1) is 9.70. The Morgan fingerprint density at radius 3 is 2.50 bits per heavy atom. The van der Waals surface area contributed by atoms with Crippen LogP contribution in [0.1, 0.15) is 5.56 Å². The van der Waals surface area contributed by atoms with Gasteiger partial charge in [-0.25, -0.2) is 8.78 Å². The van der Waals surface area contributed by atoms with E-state index in [9.17, 15) is 8.78 Å². The normalized spacial score (nSPS) is 12.2. The summed E-state index contributed by atoms with van der Waals surface area (Å²) >= 11 is 0. The summed E-state index contributed by atoms with van der Waals surface area (Å²) in [5, 5.41) is 0. The Labute approximate surface area is 116 Å². The maximum absolute atomic E-state index is 13.6. The molecule has 0 saturated carbocycles. The molecule has 0 heterocycles. The van der Waals surface area contributed by atoms with Crippen molar-refractivity contribution in [3.8, 4) is 5.75 Å². The molecule has 0 spiro atoms. The molecule has 2 aromatic rings. The summed E-state index contributed by atoms with van der Waals surface area (Å²) in [6, 6.07) is 13.0. The van der Waals surface area contributed by atoms with Gasteiger partial charge < -0.3 is 4.74 Å². The molecule has 0 bridgehead atoms. The van der Waals surface area contributed by atoms with E-state index in [0.717, 1.165) is 6.07 Å². The molecule has 106 valence electrons. The van der Waals surface area contributed by atoms with Gasteiger partial charge in [0.2, 0.25) is 0 Å². The zero-order chi connectivity index (χ0) is 14.4. The van der Waals surface area contributed by atoms with Crippen LogP contribution in [0.4, 0.5) is 8.78 Å². The Kier molecular flexibility index (Phi) is 5.03. The molecule has 2 aromatic carbocycles. The van der Waals surface area contributed by atoms with Crippen molar-refractivity contribution in [2.24, 2.45) is 5.84 Å². The number of nitrogens with one attached hydrogen (secondary N) is 1. The Morgan fingerprint density at radius 2 is 1.80 bits per heavy atom. The Balaban J connectivity index is 1.97. The van der Waals surface area contributed by atoms with Crippen molar-refractivity contribution in [1.29, 1.82) is 0 Å². The van der Waals surface area contributed by atoms with Gasteiger partial charge in [0.15, 0.2) is 11.6 Å². The third kappa shape index (κ3) is 3.76. The summed E-state index contributed by atoms with van der Waals surface area (Å²) in [5.41, 5.74) is 2.82. The SMILES string of the molecule is NNC(COc1ccccc1)Cc1cccc(F)c1F. The van der Waals surface area contributed by atoms with Crippen LogP contribution in [-0.4, -0.2) is 12.6 Å². The van der Waals surface area contributed by atoms with Gasteiger partial charge in [0.1, 0.15) is 12.4 Å². The predicted molar refractivity (Wildman–Crippen MR) is 73.1 cm³/mol. The van der Waals surface area contributed by atoms with Gasteiger partial charge in [-0.3, -0.25) is 11.3 Å². The first-order valence-corrected chi connectivity index (χ1v) is 6.27. The highest BCUT2D eigenvalue weighted by Crippen LogP contribution is 2.14. The molecule has 5 heteroatoms. The fourth-order valence-electron chi connectivity index (χ4n) is 1.85. The lowest BCUT2D eigenvalue weighted by Crippen LogP contribution is -2.41. The molecule has 0 radical (unpaired) electrons. The van der Waals surface area contributed by atoms with E-state index in [0.29, 0.717) is 5.75 Å². The molecule has 0 amide bonds. The second kappa shape index (κ2) is 6.98. The van der Waals surface area contributed by atoms with E-state index in [4.69, 9.17) is 10.6 Å². The molecule has 20 heavy (non-hydrogen) atoms. The third-order valence-electron chi connectivity index (χ3n) is 2.93. The number of nitrogens with two attached hydrogens (primary N) is 1. The molecule has 0 fully saturated rings. The van der Waals surface area contributed by atoms with E-state index in [2.05, 4.69) is 5.43 Å². The van der Waals surface area contributed by atoms with Gasteiger partial charge in [-0.05, 0) is 30.2 Å². The summed E-state index contributed by atoms with van der Waals surface area (Å²) in [7, 11) is 0. The zero-order valence-electron chi connectivity index (χ0n) is 10.9. The van der Waals surface area contributed by atoms with Gasteiger partial charge in [0.05, 0.1) is 6.04 Å². The van der Waals surface area contributed by atoms with E-state index in [1.807, 2.05) is 30.3 Å². The molecule has 3 nitrogen and oxygen atoms in total. The first-order valence-electron chi connectivity index (χ1n) is 6.27. The molecular weight excluding hydrogens is 262 g/mol. The fraction of sp³-hybridized carbons (Fsp3) is 0.200. The summed E-state index contributed by atoms with van der Waals surface area (Å²) < 4.78 is 32.2. The highest BCUT2D eigenvalue weighted by molar-refractivity contribution is 5.22. The van der Waals surface area contributed by atoms with E-state index in [-0.39, 0.29) is 24.6 Å². The average molecular weight is 278 g/mol. The monoisotopic (exact) mass is 278 g/mol. The van der Waals surface area contributed by atoms with Crippen LogP contribution in [0.2, 0.25) is 0 Å². The Morgan fingerprint density at radius 1 is 1.05 bits per heavy atom. The van der Waals surface area contributed by atoms with Crippen LogP contribution in [-0.2, 0) is 6.42 Å². The minimum atomic E-state index is -0.859. The minimum Gasteiger partial charge on any atom is -0.492 e. The third-order valence-corrected chi connectivity index (χ3v) is 2.93. The van der Waals surface area contributed by atoms with Crippen LogP contribution in [0.15, 0.2) is 48.5 Å². The zero-order valence-corrected chi connectivity index (χ0v) is 10.9. The maximum Gasteiger partial charge on any atom is 0.162 e. The van der Waals surface area contributed by atoms with Crippen molar-refractivity contribution in [2.45, 2.75) is 12.5 Å². The topological polar surface area (TPSA) is 47.3 Å². The molecule has 2 rings (SSSR count). The summed E-state index contributed by atoms with van der Waals surface area (Å²) in [6.45, 7) is 0.260. The van der Waals surface area contributed by atoms with Crippen LogP contribution in [0, 0.1) is 11.6 Å². The number of ether oxygens (including phenoxy) is 1. The van der Waals surface area contributed by atoms with Crippen molar-refractivity contribution in [3.05, 3.63) is 65.7 Å². The van der Waals surface area contributed by atoms with Gasteiger partial charge in [-0.1, -0.05) is 30.3 Å². The molecule has 0 saturated heterocycles. The second-order valence-corrected chi connectivity index (χ2v) is 4.40. The van der Waals surface area contributed by atoms with E-state index in [1.54, 1.807) is 0 Å². The maximum atomic E-state index is 13.6. The van der Waals surface area contributed by atoms with Crippen LogP contribution in [0.25, 0.3) is 0 Å². The molecule has 3 N–H and O–H groups in total. The van der Waals surface area contributed by atoms with Crippen LogP contribution in [0.5, 0.6) is 5.75 Å². The number of rotatable bonds is 6. The summed E-state index contributed by atoms with van der Waals surface area (Å²) in [5.74, 6) is 4.43. The molecule has 1 atom stereocenters. The molecule has 0 aliphatic heterocycles. The van der Waals surface area contributed by atoms with E-state index >= 15 is 0 Å². The highest BCUT2D eigenvalue weighted by atomic mass is 19.2. The van der Waals surface area contributed by atoms with Gasteiger partial charge in [0.25, 0.3) is 0 Å². The Bertz CT molecular complexity index is 549.